The predicted octanol–water partition coefficient (Wildman–Crippen LogP) is 2.90. The van der Waals surface area contributed by atoms with E-state index in [1.54, 1.807) is 0 Å². The molecule has 1 saturated heterocycles. The molecule has 2 atom stereocenters. The Morgan fingerprint density at radius 3 is 2.83 bits per heavy atom. The number of rotatable bonds is 4. The molecule has 3 aliphatic rings. The quantitative estimate of drug-likeness (QED) is 0.605. The number of likely N-dealkylation sites (tertiary alicyclic amines) is 1. The Morgan fingerprint density at radius 2 is 2.00 bits per heavy atom. The number of fused-ring (bicyclic) bond motifs is 1. The number of ether oxygens (including phenoxy) is 1. The number of carbonyl (C=O) groups excluding carboxylic acids is 1. The molecule has 4 rings (SSSR count). The lowest BCUT2D eigenvalue weighted by molar-refractivity contribution is -0.135. The van der Waals surface area contributed by atoms with Crippen LogP contribution < -0.4 is 15.4 Å². The lowest BCUT2D eigenvalue weighted by Crippen LogP contribution is -2.46. The molecule has 1 aromatic carbocycles. The van der Waals surface area contributed by atoms with E-state index in [4.69, 9.17) is 4.74 Å². The molecule has 2 unspecified atom stereocenters. The molecule has 6 heteroatoms. The van der Waals surface area contributed by atoms with Crippen LogP contribution in [0.25, 0.3) is 0 Å². The molecular weight excluding hydrogens is 364 g/mol. The minimum Gasteiger partial charge on any atom is -0.493 e. The fourth-order valence-electron chi connectivity index (χ4n) is 4.92. The first-order valence-corrected chi connectivity index (χ1v) is 11.2. The molecule has 1 aliphatic carbocycles. The Hall–Kier alpha value is -2.24. The summed E-state index contributed by atoms with van der Waals surface area (Å²) in [6, 6.07) is 8.57. The van der Waals surface area contributed by atoms with E-state index in [0.717, 1.165) is 63.6 Å². The summed E-state index contributed by atoms with van der Waals surface area (Å²) in [6.07, 6.45) is 7.84. The van der Waals surface area contributed by atoms with Gasteiger partial charge < -0.3 is 20.3 Å². The molecule has 1 amide bonds. The fourth-order valence-corrected chi connectivity index (χ4v) is 4.92. The van der Waals surface area contributed by atoms with Crippen molar-refractivity contribution in [3.63, 3.8) is 0 Å². The molecule has 158 valence electrons. The number of benzene rings is 1. The molecule has 2 aliphatic heterocycles. The van der Waals surface area contributed by atoms with E-state index in [1.165, 1.54) is 24.8 Å². The zero-order valence-electron chi connectivity index (χ0n) is 17.5. The van der Waals surface area contributed by atoms with Gasteiger partial charge in [0.1, 0.15) is 5.75 Å². The van der Waals surface area contributed by atoms with Crippen LogP contribution in [0, 0.1) is 5.92 Å². The number of para-hydroxylation sites is 1. The Bertz CT molecular complexity index is 729. The lowest BCUT2D eigenvalue weighted by Gasteiger charge is -2.27. The van der Waals surface area contributed by atoms with Gasteiger partial charge in [0.2, 0.25) is 5.91 Å². The van der Waals surface area contributed by atoms with E-state index in [-0.39, 0.29) is 12.0 Å². The second-order valence-electron chi connectivity index (χ2n) is 8.57. The number of nitrogens with one attached hydrogen (secondary N) is 2. The minimum atomic E-state index is 0.258. The maximum Gasteiger partial charge on any atom is 0.225 e. The third kappa shape index (κ3) is 4.85. The van der Waals surface area contributed by atoms with Gasteiger partial charge in [-0.2, -0.15) is 0 Å². The SMILES string of the molecule is CN=C(NCC1CCOc2ccccc21)NC1CCN(C(=O)C2CCCCC2)C1. The molecule has 2 heterocycles. The highest BCUT2D eigenvalue weighted by molar-refractivity contribution is 5.81. The van der Waals surface area contributed by atoms with Crippen LogP contribution in [0.15, 0.2) is 29.3 Å². The van der Waals surface area contributed by atoms with Gasteiger partial charge in [-0.25, -0.2) is 0 Å². The second kappa shape index (κ2) is 9.51. The highest BCUT2D eigenvalue weighted by Gasteiger charge is 2.32. The highest BCUT2D eigenvalue weighted by atomic mass is 16.5. The molecule has 2 N–H and O–H groups in total. The number of guanidine groups is 1. The number of hydrogen-bond acceptors (Lipinski definition) is 3. The number of amides is 1. The largest absolute Gasteiger partial charge is 0.493 e. The third-order valence-electron chi connectivity index (χ3n) is 6.62. The second-order valence-corrected chi connectivity index (χ2v) is 8.57. The number of carbonyl (C=O) groups is 1. The van der Waals surface area contributed by atoms with E-state index in [2.05, 4.69) is 32.7 Å². The summed E-state index contributed by atoms with van der Waals surface area (Å²) in [6.45, 7) is 3.24. The van der Waals surface area contributed by atoms with E-state index in [9.17, 15) is 4.79 Å². The van der Waals surface area contributed by atoms with Crippen molar-refractivity contribution < 1.29 is 9.53 Å². The van der Waals surface area contributed by atoms with Gasteiger partial charge >= 0.3 is 0 Å². The van der Waals surface area contributed by atoms with Crippen molar-refractivity contribution in [1.29, 1.82) is 0 Å². The first kappa shape index (κ1) is 20.0. The van der Waals surface area contributed by atoms with Gasteiger partial charge in [0.05, 0.1) is 6.61 Å². The van der Waals surface area contributed by atoms with Gasteiger partial charge in [-0.05, 0) is 37.3 Å². The molecule has 29 heavy (non-hydrogen) atoms. The van der Waals surface area contributed by atoms with Gasteiger partial charge in [-0.1, -0.05) is 37.5 Å². The van der Waals surface area contributed by atoms with Crippen molar-refractivity contribution in [1.82, 2.24) is 15.5 Å². The summed E-state index contributed by atoms with van der Waals surface area (Å²) in [5.41, 5.74) is 1.27. The van der Waals surface area contributed by atoms with Crippen LogP contribution in [-0.4, -0.2) is 56.1 Å². The van der Waals surface area contributed by atoms with Gasteiger partial charge in [0.25, 0.3) is 0 Å². The summed E-state index contributed by atoms with van der Waals surface area (Å²) >= 11 is 0. The minimum absolute atomic E-state index is 0.258. The van der Waals surface area contributed by atoms with Crippen molar-refractivity contribution in [2.24, 2.45) is 10.9 Å². The topological polar surface area (TPSA) is 66.0 Å². The van der Waals surface area contributed by atoms with Gasteiger partial charge in [-0.15, -0.1) is 0 Å². The van der Waals surface area contributed by atoms with E-state index >= 15 is 0 Å². The van der Waals surface area contributed by atoms with Crippen LogP contribution in [0.1, 0.15) is 56.4 Å². The van der Waals surface area contributed by atoms with E-state index in [0.29, 0.717) is 11.8 Å². The number of aliphatic imine (C=N–C) groups is 1. The molecule has 2 fully saturated rings. The lowest BCUT2D eigenvalue weighted by atomic mass is 9.88. The molecule has 0 spiro atoms. The normalized spacial score (nSPS) is 25.3. The Kier molecular flexibility index (Phi) is 6.57. The Labute approximate surface area is 174 Å². The van der Waals surface area contributed by atoms with Crippen molar-refractivity contribution in [3.8, 4) is 5.75 Å². The first-order chi connectivity index (χ1) is 14.2. The van der Waals surface area contributed by atoms with Crippen LogP contribution in [0.5, 0.6) is 5.75 Å². The van der Waals surface area contributed by atoms with Crippen LogP contribution >= 0.6 is 0 Å². The summed E-state index contributed by atoms with van der Waals surface area (Å²) in [5.74, 6) is 2.88. The van der Waals surface area contributed by atoms with Gasteiger partial charge in [0, 0.05) is 44.6 Å². The zero-order valence-corrected chi connectivity index (χ0v) is 17.5. The smallest absolute Gasteiger partial charge is 0.225 e. The van der Waals surface area contributed by atoms with Crippen molar-refractivity contribution >= 4 is 11.9 Å². The summed E-state index contributed by atoms with van der Waals surface area (Å²) in [4.78, 5) is 19.3. The number of nitrogens with zero attached hydrogens (tertiary/aromatic N) is 2. The average molecular weight is 399 g/mol. The molecule has 6 nitrogen and oxygen atoms in total. The summed E-state index contributed by atoms with van der Waals surface area (Å²) in [7, 11) is 1.81. The van der Waals surface area contributed by atoms with Gasteiger partial charge in [-0.3, -0.25) is 9.79 Å². The molecule has 0 aromatic heterocycles. The first-order valence-electron chi connectivity index (χ1n) is 11.2. The van der Waals surface area contributed by atoms with Crippen molar-refractivity contribution in [2.45, 2.75) is 56.9 Å². The van der Waals surface area contributed by atoms with Crippen LogP contribution in [-0.2, 0) is 4.79 Å². The third-order valence-corrected chi connectivity index (χ3v) is 6.62. The van der Waals surface area contributed by atoms with E-state index in [1.807, 2.05) is 19.2 Å². The molecule has 1 saturated carbocycles. The maximum atomic E-state index is 12.8. The zero-order chi connectivity index (χ0) is 20.1. The Balaban J connectivity index is 1.26. The maximum absolute atomic E-state index is 12.8. The van der Waals surface area contributed by atoms with Crippen LogP contribution in [0.4, 0.5) is 0 Å². The molecular formula is C23H34N4O2. The summed E-state index contributed by atoms with van der Waals surface area (Å²) < 4.78 is 5.77. The van der Waals surface area contributed by atoms with Crippen molar-refractivity contribution in [2.75, 3.05) is 33.3 Å². The number of hydrogen-bond donors (Lipinski definition) is 2. The van der Waals surface area contributed by atoms with Crippen LogP contribution in [0.3, 0.4) is 0 Å². The highest BCUT2D eigenvalue weighted by Crippen LogP contribution is 2.32. The van der Waals surface area contributed by atoms with Gasteiger partial charge in [0.15, 0.2) is 5.96 Å². The predicted molar refractivity (Wildman–Crippen MR) is 115 cm³/mol. The van der Waals surface area contributed by atoms with E-state index < -0.39 is 0 Å². The van der Waals surface area contributed by atoms with Crippen molar-refractivity contribution in [3.05, 3.63) is 29.8 Å². The van der Waals surface area contributed by atoms with Crippen LogP contribution in [0.2, 0.25) is 0 Å². The standard InChI is InChI=1S/C23H34N4O2/c1-24-23(25-15-18-12-14-29-21-10-6-5-9-20(18)21)26-19-11-13-27(16-19)22(28)17-7-3-2-4-8-17/h5-6,9-10,17-19H,2-4,7-8,11-16H2,1H3,(H2,24,25,26). The summed E-state index contributed by atoms with van der Waals surface area (Å²) in [5, 5.41) is 7.02. The Morgan fingerprint density at radius 1 is 1.17 bits per heavy atom. The molecule has 0 bridgehead atoms. The molecule has 0 radical (unpaired) electrons. The average Bonchev–Trinajstić information content (AvgIpc) is 3.25. The molecule has 1 aromatic rings. The fraction of sp³-hybridized carbons (Fsp3) is 0.652. The monoisotopic (exact) mass is 398 g/mol.